The Hall–Kier alpha value is -0.380. The third-order valence-corrected chi connectivity index (χ3v) is 2.01. The van der Waals surface area contributed by atoms with Gasteiger partial charge in [0.2, 0.25) is 0 Å². The molecule has 0 bridgehead atoms. The number of nitrogens with two attached hydrogens (primary N) is 1. The van der Waals surface area contributed by atoms with Crippen LogP contribution >= 0.6 is 0 Å². The number of rotatable bonds is 9. The molecule has 0 radical (unpaired) electrons. The van der Waals surface area contributed by atoms with E-state index in [-0.39, 0.29) is 6.04 Å². The number of hydrogen-bond acceptors (Lipinski definition) is 3. The van der Waals surface area contributed by atoms with Gasteiger partial charge in [-0.1, -0.05) is 5.57 Å². The SMILES string of the molecule is C=C(C)CCC(N)CCOCCOC. The highest BCUT2D eigenvalue weighted by atomic mass is 16.5. The maximum atomic E-state index is 5.88. The summed E-state index contributed by atoms with van der Waals surface area (Å²) < 4.78 is 10.2. The van der Waals surface area contributed by atoms with E-state index in [9.17, 15) is 0 Å². The molecule has 0 saturated heterocycles. The normalized spacial score (nSPS) is 12.8. The lowest BCUT2D eigenvalue weighted by Gasteiger charge is -2.11. The summed E-state index contributed by atoms with van der Waals surface area (Å²) in [5, 5.41) is 0. The molecule has 14 heavy (non-hydrogen) atoms. The Balaban J connectivity index is 3.18. The fourth-order valence-electron chi connectivity index (χ4n) is 1.06. The Morgan fingerprint density at radius 2 is 2.00 bits per heavy atom. The minimum atomic E-state index is 0.231. The molecule has 0 aliphatic rings. The van der Waals surface area contributed by atoms with Crippen LogP contribution in [0.3, 0.4) is 0 Å². The average molecular weight is 201 g/mol. The molecule has 0 aromatic rings. The lowest BCUT2D eigenvalue weighted by Crippen LogP contribution is -2.22. The topological polar surface area (TPSA) is 44.5 Å². The van der Waals surface area contributed by atoms with Crippen molar-refractivity contribution in [3.05, 3.63) is 12.2 Å². The van der Waals surface area contributed by atoms with Crippen molar-refractivity contribution >= 4 is 0 Å². The second-order valence-corrected chi connectivity index (χ2v) is 3.65. The first-order valence-electron chi connectivity index (χ1n) is 5.13. The van der Waals surface area contributed by atoms with Crippen molar-refractivity contribution in [3.8, 4) is 0 Å². The fraction of sp³-hybridized carbons (Fsp3) is 0.818. The zero-order valence-corrected chi connectivity index (χ0v) is 9.42. The summed E-state index contributed by atoms with van der Waals surface area (Å²) in [5.41, 5.74) is 7.08. The van der Waals surface area contributed by atoms with Gasteiger partial charge in [-0.3, -0.25) is 0 Å². The van der Waals surface area contributed by atoms with Gasteiger partial charge in [-0.25, -0.2) is 0 Å². The van der Waals surface area contributed by atoms with Crippen molar-refractivity contribution in [2.75, 3.05) is 26.9 Å². The van der Waals surface area contributed by atoms with Gasteiger partial charge in [-0.2, -0.15) is 0 Å². The molecule has 0 aromatic carbocycles. The average Bonchev–Trinajstić information content (AvgIpc) is 2.14. The third kappa shape index (κ3) is 9.71. The summed E-state index contributed by atoms with van der Waals surface area (Å²) >= 11 is 0. The molecule has 1 atom stereocenters. The van der Waals surface area contributed by atoms with Gasteiger partial charge in [0, 0.05) is 19.8 Å². The van der Waals surface area contributed by atoms with Crippen LogP contribution in [0.1, 0.15) is 26.2 Å². The van der Waals surface area contributed by atoms with E-state index in [1.807, 2.05) is 6.92 Å². The Bertz CT molecular complexity index is 148. The summed E-state index contributed by atoms with van der Waals surface area (Å²) in [6.07, 6.45) is 2.93. The van der Waals surface area contributed by atoms with Crippen molar-refractivity contribution in [2.45, 2.75) is 32.2 Å². The van der Waals surface area contributed by atoms with Crippen LogP contribution in [-0.2, 0) is 9.47 Å². The molecular weight excluding hydrogens is 178 g/mol. The van der Waals surface area contributed by atoms with Crippen LogP contribution in [0.25, 0.3) is 0 Å². The number of ether oxygens (including phenoxy) is 2. The minimum Gasteiger partial charge on any atom is -0.382 e. The van der Waals surface area contributed by atoms with Crippen molar-refractivity contribution in [3.63, 3.8) is 0 Å². The Labute approximate surface area is 87.3 Å². The zero-order chi connectivity index (χ0) is 10.8. The first-order valence-corrected chi connectivity index (χ1v) is 5.13. The van der Waals surface area contributed by atoms with E-state index in [4.69, 9.17) is 15.2 Å². The van der Waals surface area contributed by atoms with Gasteiger partial charge in [0.25, 0.3) is 0 Å². The standard InChI is InChI=1S/C11H23NO2/c1-10(2)4-5-11(12)6-7-14-9-8-13-3/h11H,1,4-9,12H2,2-3H3. The molecule has 0 rings (SSSR count). The van der Waals surface area contributed by atoms with Crippen LogP contribution < -0.4 is 5.73 Å². The van der Waals surface area contributed by atoms with E-state index in [1.54, 1.807) is 7.11 Å². The lowest BCUT2D eigenvalue weighted by molar-refractivity contribution is 0.0669. The van der Waals surface area contributed by atoms with Crippen molar-refractivity contribution < 1.29 is 9.47 Å². The summed E-state index contributed by atoms with van der Waals surface area (Å²) in [7, 11) is 1.67. The molecule has 3 nitrogen and oxygen atoms in total. The van der Waals surface area contributed by atoms with E-state index < -0.39 is 0 Å². The predicted octanol–water partition coefficient (Wildman–Crippen LogP) is 1.72. The van der Waals surface area contributed by atoms with E-state index in [1.165, 1.54) is 5.57 Å². The molecule has 1 unspecified atom stereocenters. The van der Waals surface area contributed by atoms with Crippen LogP contribution in [0.15, 0.2) is 12.2 Å². The van der Waals surface area contributed by atoms with Crippen molar-refractivity contribution in [1.82, 2.24) is 0 Å². The highest BCUT2D eigenvalue weighted by Gasteiger charge is 2.01. The van der Waals surface area contributed by atoms with Crippen LogP contribution in [0.4, 0.5) is 0 Å². The summed E-state index contributed by atoms with van der Waals surface area (Å²) in [4.78, 5) is 0. The predicted molar refractivity (Wildman–Crippen MR) is 59.3 cm³/mol. The van der Waals surface area contributed by atoms with Crippen molar-refractivity contribution in [2.24, 2.45) is 5.73 Å². The van der Waals surface area contributed by atoms with Gasteiger partial charge in [0.1, 0.15) is 0 Å². The minimum absolute atomic E-state index is 0.231. The van der Waals surface area contributed by atoms with E-state index in [0.29, 0.717) is 13.2 Å². The molecule has 0 amide bonds. The summed E-state index contributed by atoms with van der Waals surface area (Å²) in [6.45, 7) is 7.91. The van der Waals surface area contributed by atoms with Gasteiger partial charge in [-0.15, -0.1) is 6.58 Å². The maximum Gasteiger partial charge on any atom is 0.0700 e. The van der Waals surface area contributed by atoms with E-state index in [2.05, 4.69) is 6.58 Å². The smallest absolute Gasteiger partial charge is 0.0700 e. The third-order valence-electron chi connectivity index (χ3n) is 2.01. The number of allylic oxidation sites excluding steroid dienone is 1. The van der Waals surface area contributed by atoms with Crippen LogP contribution in [-0.4, -0.2) is 33.0 Å². The van der Waals surface area contributed by atoms with Gasteiger partial charge in [-0.05, 0) is 26.2 Å². The molecule has 3 heteroatoms. The molecule has 84 valence electrons. The van der Waals surface area contributed by atoms with E-state index in [0.717, 1.165) is 25.9 Å². The summed E-state index contributed by atoms with van der Waals surface area (Å²) in [6, 6.07) is 0.231. The highest BCUT2D eigenvalue weighted by molar-refractivity contribution is 4.88. The Morgan fingerprint density at radius 3 is 2.57 bits per heavy atom. The fourth-order valence-corrected chi connectivity index (χ4v) is 1.06. The summed E-state index contributed by atoms with van der Waals surface area (Å²) in [5.74, 6) is 0. The van der Waals surface area contributed by atoms with Gasteiger partial charge >= 0.3 is 0 Å². The highest BCUT2D eigenvalue weighted by Crippen LogP contribution is 2.05. The molecule has 0 spiro atoms. The zero-order valence-electron chi connectivity index (χ0n) is 9.42. The molecular formula is C11H23NO2. The van der Waals surface area contributed by atoms with Crippen molar-refractivity contribution in [1.29, 1.82) is 0 Å². The first kappa shape index (κ1) is 13.6. The molecule has 0 heterocycles. The molecule has 0 saturated carbocycles. The van der Waals surface area contributed by atoms with Crippen LogP contribution in [0.2, 0.25) is 0 Å². The molecule has 0 aromatic heterocycles. The largest absolute Gasteiger partial charge is 0.382 e. The van der Waals surface area contributed by atoms with Gasteiger partial charge in [0.05, 0.1) is 13.2 Å². The quantitative estimate of drug-likeness (QED) is 0.456. The molecule has 0 aliphatic heterocycles. The second kappa shape index (κ2) is 9.19. The number of hydrogen-bond donors (Lipinski definition) is 1. The van der Waals surface area contributed by atoms with Gasteiger partial charge < -0.3 is 15.2 Å². The van der Waals surface area contributed by atoms with Crippen LogP contribution in [0.5, 0.6) is 0 Å². The first-order chi connectivity index (χ1) is 6.66. The van der Waals surface area contributed by atoms with Crippen LogP contribution in [0, 0.1) is 0 Å². The van der Waals surface area contributed by atoms with E-state index >= 15 is 0 Å². The number of methoxy groups -OCH3 is 1. The lowest BCUT2D eigenvalue weighted by atomic mass is 10.1. The Kier molecular flexibility index (Phi) is 8.94. The molecule has 0 aliphatic carbocycles. The second-order valence-electron chi connectivity index (χ2n) is 3.65. The molecule has 2 N–H and O–H groups in total. The van der Waals surface area contributed by atoms with Gasteiger partial charge in [0.15, 0.2) is 0 Å². The maximum absolute atomic E-state index is 5.88. The Morgan fingerprint density at radius 1 is 1.29 bits per heavy atom. The molecule has 0 fully saturated rings. The monoisotopic (exact) mass is 201 g/mol.